The largest absolute Gasteiger partial charge is 0.464 e. The van der Waals surface area contributed by atoms with Gasteiger partial charge in [-0.2, -0.15) is 0 Å². The van der Waals surface area contributed by atoms with E-state index in [1.807, 2.05) is 49.4 Å². The van der Waals surface area contributed by atoms with Gasteiger partial charge in [0, 0.05) is 5.39 Å². The maximum absolute atomic E-state index is 6.11. The number of rotatable bonds is 2. The highest BCUT2D eigenvalue weighted by atomic mass is 16.4. The Balaban J connectivity index is 2.03. The molecular formula is C14H13NO2. The molecule has 1 unspecified atom stereocenters. The Hall–Kier alpha value is -2.00. The lowest BCUT2D eigenvalue weighted by molar-refractivity contribution is 0.431. The minimum atomic E-state index is -0.351. The van der Waals surface area contributed by atoms with Crippen LogP contribution >= 0.6 is 0 Å². The standard InChI is InChI=1S/C14H13NO2/c1-9-6-7-12(16-9)14(15)13-8-10-4-2-3-5-11(10)17-13/h2-8,14H,15H2,1H3. The van der Waals surface area contributed by atoms with Gasteiger partial charge in [-0.3, -0.25) is 0 Å². The highest BCUT2D eigenvalue weighted by molar-refractivity contribution is 5.77. The van der Waals surface area contributed by atoms with E-state index >= 15 is 0 Å². The number of fused-ring (bicyclic) bond motifs is 1. The quantitative estimate of drug-likeness (QED) is 0.730. The lowest BCUT2D eigenvalue weighted by Crippen LogP contribution is -2.09. The third-order valence-electron chi connectivity index (χ3n) is 2.82. The highest BCUT2D eigenvalue weighted by Gasteiger charge is 2.16. The third-order valence-corrected chi connectivity index (χ3v) is 2.82. The van der Waals surface area contributed by atoms with Crippen molar-refractivity contribution in [3.8, 4) is 0 Å². The number of hydrogen-bond donors (Lipinski definition) is 1. The topological polar surface area (TPSA) is 52.3 Å². The number of aryl methyl sites for hydroxylation is 1. The van der Waals surface area contributed by atoms with Crippen LogP contribution in [0.1, 0.15) is 23.3 Å². The summed E-state index contributed by atoms with van der Waals surface area (Å²) in [6, 6.07) is 13.2. The van der Waals surface area contributed by atoms with Gasteiger partial charge in [-0.25, -0.2) is 0 Å². The van der Waals surface area contributed by atoms with Crippen LogP contribution in [0.3, 0.4) is 0 Å². The lowest BCUT2D eigenvalue weighted by Gasteiger charge is -2.04. The third kappa shape index (κ3) is 1.74. The zero-order chi connectivity index (χ0) is 11.8. The van der Waals surface area contributed by atoms with Gasteiger partial charge in [0.1, 0.15) is 28.9 Å². The molecule has 0 aliphatic heterocycles. The molecule has 0 aliphatic carbocycles. The van der Waals surface area contributed by atoms with Gasteiger partial charge < -0.3 is 14.6 Å². The second-order valence-electron chi connectivity index (χ2n) is 4.11. The van der Waals surface area contributed by atoms with Crippen molar-refractivity contribution in [3.63, 3.8) is 0 Å². The zero-order valence-corrected chi connectivity index (χ0v) is 9.51. The van der Waals surface area contributed by atoms with Crippen LogP contribution in [0, 0.1) is 6.92 Å². The predicted octanol–water partition coefficient (Wildman–Crippen LogP) is 3.38. The minimum Gasteiger partial charge on any atom is -0.464 e. The Morgan fingerprint density at radius 1 is 1.00 bits per heavy atom. The van der Waals surface area contributed by atoms with Crippen LogP contribution < -0.4 is 5.73 Å². The number of furan rings is 2. The first-order valence-corrected chi connectivity index (χ1v) is 5.54. The Labute approximate surface area is 98.8 Å². The van der Waals surface area contributed by atoms with Crippen molar-refractivity contribution >= 4 is 11.0 Å². The average Bonchev–Trinajstić information content (AvgIpc) is 2.93. The first kappa shape index (κ1) is 10.2. The molecule has 3 heteroatoms. The maximum atomic E-state index is 6.11. The molecule has 0 saturated carbocycles. The SMILES string of the molecule is Cc1ccc(C(N)c2cc3ccccc3o2)o1. The van der Waals surface area contributed by atoms with Crippen molar-refractivity contribution < 1.29 is 8.83 Å². The molecule has 0 fully saturated rings. The van der Waals surface area contributed by atoms with Crippen LogP contribution in [0.5, 0.6) is 0 Å². The number of hydrogen-bond acceptors (Lipinski definition) is 3. The molecule has 0 bridgehead atoms. The van der Waals surface area contributed by atoms with Gasteiger partial charge >= 0.3 is 0 Å². The summed E-state index contributed by atoms with van der Waals surface area (Å²) in [4.78, 5) is 0. The Bertz CT molecular complexity index is 618. The van der Waals surface area contributed by atoms with E-state index < -0.39 is 0 Å². The van der Waals surface area contributed by atoms with E-state index in [0.717, 1.165) is 28.2 Å². The van der Waals surface area contributed by atoms with Gasteiger partial charge in [0.15, 0.2) is 0 Å². The van der Waals surface area contributed by atoms with Crippen LogP contribution in [0.15, 0.2) is 51.3 Å². The molecule has 86 valence electrons. The Morgan fingerprint density at radius 2 is 1.82 bits per heavy atom. The molecule has 0 amide bonds. The Morgan fingerprint density at radius 3 is 2.53 bits per heavy atom. The molecule has 1 aromatic carbocycles. The van der Waals surface area contributed by atoms with Gasteiger partial charge in [-0.15, -0.1) is 0 Å². The molecule has 0 spiro atoms. The fourth-order valence-electron chi connectivity index (χ4n) is 1.92. The molecule has 2 aromatic heterocycles. The summed E-state index contributed by atoms with van der Waals surface area (Å²) >= 11 is 0. The van der Waals surface area contributed by atoms with Gasteiger partial charge in [0.25, 0.3) is 0 Å². The van der Waals surface area contributed by atoms with Crippen LogP contribution in [-0.4, -0.2) is 0 Å². The predicted molar refractivity (Wildman–Crippen MR) is 65.7 cm³/mol. The van der Waals surface area contributed by atoms with E-state index in [1.54, 1.807) is 0 Å². The van der Waals surface area contributed by atoms with E-state index in [-0.39, 0.29) is 6.04 Å². The van der Waals surface area contributed by atoms with Gasteiger partial charge in [0.2, 0.25) is 0 Å². The lowest BCUT2D eigenvalue weighted by atomic mass is 10.1. The molecule has 1 atom stereocenters. The van der Waals surface area contributed by atoms with Crippen molar-refractivity contribution in [2.75, 3.05) is 0 Å². The van der Waals surface area contributed by atoms with Crippen molar-refractivity contribution in [2.45, 2.75) is 13.0 Å². The molecule has 0 saturated heterocycles. The van der Waals surface area contributed by atoms with Crippen LogP contribution in [-0.2, 0) is 0 Å². The normalized spacial score (nSPS) is 13.1. The summed E-state index contributed by atoms with van der Waals surface area (Å²) in [7, 11) is 0. The monoisotopic (exact) mass is 227 g/mol. The first-order valence-electron chi connectivity index (χ1n) is 5.54. The second-order valence-corrected chi connectivity index (χ2v) is 4.11. The van der Waals surface area contributed by atoms with Crippen LogP contribution in [0.2, 0.25) is 0 Å². The molecule has 2 heterocycles. The second kappa shape index (κ2) is 3.79. The maximum Gasteiger partial charge on any atom is 0.134 e. The molecule has 17 heavy (non-hydrogen) atoms. The molecule has 0 radical (unpaired) electrons. The number of para-hydroxylation sites is 1. The highest BCUT2D eigenvalue weighted by Crippen LogP contribution is 2.27. The molecule has 2 N–H and O–H groups in total. The molecule has 3 rings (SSSR count). The summed E-state index contributed by atoms with van der Waals surface area (Å²) < 4.78 is 11.2. The first-order chi connectivity index (χ1) is 8.24. The van der Waals surface area contributed by atoms with Gasteiger partial charge in [0.05, 0.1) is 0 Å². The van der Waals surface area contributed by atoms with Crippen LogP contribution in [0.4, 0.5) is 0 Å². The number of nitrogens with two attached hydrogens (primary N) is 1. The van der Waals surface area contributed by atoms with E-state index in [0.29, 0.717) is 0 Å². The van der Waals surface area contributed by atoms with E-state index in [1.165, 1.54) is 0 Å². The van der Waals surface area contributed by atoms with Crippen molar-refractivity contribution in [1.82, 2.24) is 0 Å². The summed E-state index contributed by atoms with van der Waals surface area (Å²) in [5.74, 6) is 2.30. The summed E-state index contributed by atoms with van der Waals surface area (Å²) in [6.45, 7) is 1.90. The van der Waals surface area contributed by atoms with Crippen molar-refractivity contribution in [3.05, 3.63) is 59.7 Å². The number of benzene rings is 1. The average molecular weight is 227 g/mol. The Kier molecular flexibility index (Phi) is 2.27. The van der Waals surface area contributed by atoms with Gasteiger partial charge in [-0.05, 0) is 31.2 Å². The van der Waals surface area contributed by atoms with E-state index in [4.69, 9.17) is 14.6 Å². The van der Waals surface area contributed by atoms with Crippen molar-refractivity contribution in [2.24, 2.45) is 5.73 Å². The minimum absolute atomic E-state index is 0.351. The fraction of sp³-hybridized carbons (Fsp3) is 0.143. The summed E-state index contributed by atoms with van der Waals surface area (Å²) in [5, 5.41) is 1.06. The molecule has 3 aromatic rings. The van der Waals surface area contributed by atoms with Crippen molar-refractivity contribution in [1.29, 1.82) is 0 Å². The molecule has 0 aliphatic rings. The van der Waals surface area contributed by atoms with Crippen LogP contribution in [0.25, 0.3) is 11.0 Å². The van der Waals surface area contributed by atoms with Gasteiger partial charge in [-0.1, -0.05) is 18.2 Å². The summed E-state index contributed by atoms with van der Waals surface area (Å²) in [6.07, 6.45) is 0. The fourth-order valence-corrected chi connectivity index (χ4v) is 1.92. The summed E-state index contributed by atoms with van der Waals surface area (Å²) in [5.41, 5.74) is 6.95. The van der Waals surface area contributed by atoms with E-state index in [9.17, 15) is 0 Å². The zero-order valence-electron chi connectivity index (χ0n) is 9.51. The molecular weight excluding hydrogens is 214 g/mol. The van der Waals surface area contributed by atoms with E-state index in [2.05, 4.69) is 0 Å². The smallest absolute Gasteiger partial charge is 0.134 e. The molecule has 3 nitrogen and oxygen atoms in total.